The molecule has 0 fully saturated rings. The number of hydrogen-bond donors (Lipinski definition) is 1. The third-order valence-corrected chi connectivity index (χ3v) is 2.73. The average Bonchev–Trinajstić information content (AvgIpc) is 2.29. The lowest BCUT2D eigenvalue weighted by molar-refractivity contribution is 1.17. The number of aromatic nitrogens is 2. The summed E-state index contributed by atoms with van der Waals surface area (Å²) >= 11 is 12.1. The van der Waals surface area contributed by atoms with Gasteiger partial charge in [-0.1, -0.05) is 29.3 Å². The minimum Gasteiger partial charge on any atom is -0.373 e. The van der Waals surface area contributed by atoms with Crippen molar-refractivity contribution >= 4 is 29.0 Å². The average molecular weight is 254 g/mol. The molecule has 0 aliphatic carbocycles. The fourth-order valence-electron chi connectivity index (χ4n) is 1.33. The van der Waals surface area contributed by atoms with Crippen LogP contribution in [0.2, 0.25) is 10.0 Å². The standard InChI is InChI=1S/C11H9Cl2N3/c1-14-9-5-6-15-11(16-9)10-7(12)3-2-4-8(10)13/h2-6H,1H3,(H,14,15,16). The van der Waals surface area contributed by atoms with Crippen LogP contribution in [0.25, 0.3) is 11.4 Å². The van der Waals surface area contributed by atoms with Crippen LogP contribution in [0.4, 0.5) is 5.82 Å². The molecule has 16 heavy (non-hydrogen) atoms. The van der Waals surface area contributed by atoms with Gasteiger partial charge in [0, 0.05) is 13.2 Å². The van der Waals surface area contributed by atoms with E-state index in [0.29, 0.717) is 21.4 Å². The Morgan fingerprint density at radius 3 is 2.44 bits per heavy atom. The Labute approximate surface area is 103 Å². The second-order valence-electron chi connectivity index (χ2n) is 3.11. The maximum absolute atomic E-state index is 6.07. The number of nitrogens with zero attached hydrogens (tertiary/aromatic N) is 2. The Kier molecular flexibility index (Phi) is 3.27. The highest BCUT2D eigenvalue weighted by atomic mass is 35.5. The first kappa shape index (κ1) is 11.2. The summed E-state index contributed by atoms with van der Waals surface area (Å²) in [6.45, 7) is 0. The molecule has 0 aliphatic rings. The molecule has 0 radical (unpaired) electrons. The molecule has 0 bridgehead atoms. The molecule has 0 spiro atoms. The molecule has 0 saturated carbocycles. The minimum atomic E-state index is 0.516. The maximum Gasteiger partial charge on any atom is 0.164 e. The second kappa shape index (κ2) is 4.68. The topological polar surface area (TPSA) is 37.8 Å². The van der Waals surface area contributed by atoms with Gasteiger partial charge in [0.25, 0.3) is 0 Å². The Morgan fingerprint density at radius 2 is 1.81 bits per heavy atom. The summed E-state index contributed by atoms with van der Waals surface area (Å²) in [7, 11) is 1.79. The van der Waals surface area contributed by atoms with E-state index in [1.807, 2.05) is 0 Å². The second-order valence-corrected chi connectivity index (χ2v) is 3.93. The zero-order chi connectivity index (χ0) is 11.5. The predicted molar refractivity (Wildman–Crippen MR) is 67.0 cm³/mol. The van der Waals surface area contributed by atoms with E-state index in [1.54, 1.807) is 37.5 Å². The first-order valence-corrected chi connectivity index (χ1v) is 5.43. The van der Waals surface area contributed by atoms with Crippen molar-refractivity contribution in [2.45, 2.75) is 0 Å². The molecule has 2 aromatic rings. The highest BCUT2D eigenvalue weighted by Gasteiger charge is 2.10. The molecule has 0 unspecified atom stereocenters. The molecule has 1 N–H and O–H groups in total. The zero-order valence-electron chi connectivity index (χ0n) is 8.54. The fraction of sp³-hybridized carbons (Fsp3) is 0.0909. The molecular formula is C11H9Cl2N3. The summed E-state index contributed by atoms with van der Waals surface area (Å²) in [4.78, 5) is 8.45. The van der Waals surface area contributed by atoms with Crippen LogP contribution >= 0.6 is 23.2 Å². The van der Waals surface area contributed by atoms with Crippen molar-refractivity contribution in [3.05, 3.63) is 40.5 Å². The van der Waals surface area contributed by atoms with Gasteiger partial charge in [-0.05, 0) is 18.2 Å². The van der Waals surface area contributed by atoms with E-state index in [-0.39, 0.29) is 0 Å². The smallest absolute Gasteiger partial charge is 0.164 e. The van der Waals surface area contributed by atoms with E-state index in [9.17, 15) is 0 Å². The highest BCUT2D eigenvalue weighted by molar-refractivity contribution is 6.38. The van der Waals surface area contributed by atoms with Crippen molar-refractivity contribution in [3.8, 4) is 11.4 Å². The van der Waals surface area contributed by atoms with Gasteiger partial charge in [0.15, 0.2) is 5.82 Å². The largest absolute Gasteiger partial charge is 0.373 e. The van der Waals surface area contributed by atoms with E-state index >= 15 is 0 Å². The van der Waals surface area contributed by atoms with Crippen molar-refractivity contribution in [2.75, 3.05) is 12.4 Å². The molecule has 82 valence electrons. The van der Waals surface area contributed by atoms with Crippen molar-refractivity contribution in [1.29, 1.82) is 0 Å². The van der Waals surface area contributed by atoms with Gasteiger partial charge in [0.05, 0.1) is 15.6 Å². The van der Waals surface area contributed by atoms with Crippen LogP contribution in [0.1, 0.15) is 0 Å². The molecular weight excluding hydrogens is 245 g/mol. The van der Waals surface area contributed by atoms with Crippen LogP contribution in [0, 0.1) is 0 Å². The van der Waals surface area contributed by atoms with Crippen LogP contribution < -0.4 is 5.32 Å². The lowest BCUT2D eigenvalue weighted by Gasteiger charge is -2.06. The number of hydrogen-bond acceptors (Lipinski definition) is 3. The quantitative estimate of drug-likeness (QED) is 0.891. The van der Waals surface area contributed by atoms with Crippen LogP contribution in [0.3, 0.4) is 0 Å². The van der Waals surface area contributed by atoms with Gasteiger partial charge in [-0.3, -0.25) is 0 Å². The minimum absolute atomic E-state index is 0.516. The molecule has 0 saturated heterocycles. The Bertz CT molecular complexity index is 494. The lowest BCUT2D eigenvalue weighted by atomic mass is 10.2. The molecule has 2 rings (SSSR count). The molecule has 5 heteroatoms. The predicted octanol–water partition coefficient (Wildman–Crippen LogP) is 3.49. The molecule has 3 nitrogen and oxygen atoms in total. The van der Waals surface area contributed by atoms with Gasteiger partial charge >= 0.3 is 0 Å². The van der Waals surface area contributed by atoms with Gasteiger partial charge in [0.1, 0.15) is 5.82 Å². The van der Waals surface area contributed by atoms with E-state index in [1.165, 1.54) is 0 Å². The summed E-state index contributed by atoms with van der Waals surface area (Å²) < 4.78 is 0. The van der Waals surface area contributed by atoms with Crippen LogP contribution in [0.15, 0.2) is 30.5 Å². The van der Waals surface area contributed by atoms with Crippen molar-refractivity contribution in [1.82, 2.24) is 9.97 Å². The zero-order valence-corrected chi connectivity index (χ0v) is 10.0. The Hall–Kier alpha value is -1.32. The molecule has 1 heterocycles. The van der Waals surface area contributed by atoms with Gasteiger partial charge in [0.2, 0.25) is 0 Å². The number of halogens is 2. The normalized spacial score (nSPS) is 10.2. The van der Waals surface area contributed by atoms with E-state index in [2.05, 4.69) is 15.3 Å². The summed E-state index contributed by atoms with van der Waals surface area (Å²) in [5.74, 6) is 1.24. The van der Waals surface area contributed by atoms with E-state index in [4.69, 9.17) is 23.2 Å². The summed E-state index contributed by atoms with van der Waals surface area (Å²) in [5.41, 5.74) is 0.655. The van der Waals surface area contributed by atoms with Gasteiger partial charge in [-0.25, -0.2) is 9.97 Å². The molecule has 1 aromatic carbocycles. The van der Waals surface area contributed by atoms with Gasteiger partial charge in [-0.2, -0.15) is 0 Å². The molecule has 1 aromatic heterocycles. The van der Waals surface area contributed by atoms with Crippen LogP contribution in [0.5, 0.6) is 0 Å². The number of rotatable bonds is 2. The number of benzene rings is 1. The number of anilines is 1. The van der Waals surface area contributed by atoms with Crippen molar-refractivity contribution < 1.29 is 0 Å². The SMILES string of the molecule is CNc1ccnc(-c2c(Cl)cccc2Cl)n1. The van der Waals surface area contributed by atoms with Gasteiger partial charge in [-0.15, -0.1) is 0 Å². The highest BCUT2D eigenvalue weighted by Crippen LogP contribution is 2.32. The third-order valence-electron chi connectivity index (χ3n) is 2.10. The monoisotopic (exact) mass is 253 g/mol. The first-order chi connectivity index (χ1) is 7.72. The third kappa shape index (κ3) is 2.10. The van der Waals surface area contributed by atoms with E-state index < -0.39 is 0 Å². The summed E-state index contributed by atoms with van der Waals surface area (Å²) in [6, 6.07) is 7.08. The Balaban J connectivity index is 2.58. The number of nitrogens with one attached hydrogen (secondary N) is 1. The van der Waals surface area contributed by atoms with Gasteiger partial charge < -0.3 is 5.32 Å². The molecule has 0 amide bonds. The summed E-state index contributed by atoms with van der Waals surface area (Å²) in [6.07, 6.45) is 1.66. The molecule has 0 aliphatic heterocycles. The molecule has 0 atom stereocenters. The Morgan fingerprint density at radius 1 is 1.12 bits per heavy atom. The van der Waals surface area contributed by atoms with E-state index in [0.717, 1.165) is 5.82 Å². The first-order valence-electron chi connectivity index (χ1n) is 4.67. The van der Waals surface area contributed by atoms with Crippen LogP contribution in [-0.4, -0.2) is 17.0 Å². The fourth-order valence-corrected chi connectivity index (χ4v) is 1.90. The van der Waals surface area contributed by atoms with Crippen molar-refractivity contribution in [2.24, 2.45) is 0 Å². The maximum atomic E-state index is 6.07. The summed E-state index contributed by atoms with van der Waals surface area (Å²) in [5, 5.41) is 4.02. The lowest BCUT2D eigenvalue weighted by Crippen LogP contribution is -1.96. The van der Waals surface area contributed by atoms with Crippen molar-refractivity contribution in [3.63, 3.8) is 0 Å². The van der Waals surface area contributed by atoms with Crippen LogP contribution in [-0.2, 0) is 0 Å².